The third-order valence-electron chi connectivity index (χ3n) is 6.42. The van der Waals surface area contributed by atoms with Gasteiger partial charge in [-0.2, -0.15) is 0 Å². The second-order valence-corrected chi connectivity index (χ2v) is 10.6. The van der Waals surface area contributed by atoms with Crippen LogP contribution in [0.15, 0.2) is 47.4 Å². The monoisotopic (exact) mass is 494 g/mol. The number of nitrogens with zero attached hydrogens (tertiary/aromatic N) is 2. The van der Waals surface area contributed by atoms with Crippen molar-refractivity contribution in [3.63, 3.8) is 0 Å². The van der Waals surface area contributed by atoms with Gasteiger partial charge in [0.05, 0.1) is 16.1 Å². The fourth-order valence-electron chi connectivity index (χ4n) is 4.38. The van der Waals surface area contributed by atoms with Gasteiger partial charge in [-0.25, -0.2) is 22.0 Å². The summed E-state index contributed by atoms with van der Waals surface area (Å²) in [7, 11) is -4.12. The molecule has 2 fully saturated rings. The molecule has 1 spiro atoms. The molecule has 2 aliphatic rings. The number of benzene rings is 2. The van der Waals surface area contributed by atoms with Gasteiger partial charge in [0.25, 0.3) is 15.9 Å². The van der Waals surface area contributed by atoms with Crippen LogP contribution in [0.3, 0.4) is 0 Å². The van der Waals surface area contributed by atoms with Crippen LogP contribution in [0.2, 0.25) is 0 Å². The molecule has 0 unspecified atom stereocenters. The Morgan fingerprint density at radius 2 is 1.76 bits per heavy atom. The van der Waals surface area contributed by atoms with Crippen molar-refractivity contribution in [2.24, 2.45) is 0 Å². The number of aryl methyl sites for hydroxylation is 1. The Bertz CT molecular complexity index is 1240. The molecular formula is C23H25F3N4O3S. The van der Waals surface area contributed by atoms with Gasteiger partial charge in [0.2, 0.25) is 0 Å². The normalized spacial score (nSPS) is 17.6. The molecule has 0 radical (unpaired) electrons. The van der Waals surface area contributed by atoms with E-state index in [4.69, 9.17) is 5.41 Å². The molecule has 34 heavy (non-hydrogen) atoms. The lowest BCUT2D eigenvalue weighted by atomic mass is 10.0. The summed E-state index contributed by atoms with van der Waals surface area (Å²) in [5.41, 5.74) is 0.372. The maximum Gasteiger partial charge on any atom is 0.400 e. The lowest BCUT2D eigenvalue weighted by Crippen LogP contribution is -2.57. The van der Waals surface area contributed by atoms with Crippen LogP contribution in [0.25, 0.3) is 0 Å². The Hall–Kier alpha value is -3.08. The van der Waals surface area contributed by atoms with Crippen LogP contribution in [0.5, 0.6) is 0 Å². The second-order valence-electron chi connectivity index (χ2n) is 8.91. The van der Waals surface area contributed by atoms with Gasteiger partial charge in [-0.15, -0.1) is 4.39 Å². The molecule has 0 aromatic heterocycles. The minimum absolute atomic E-state index is 0.0835. The Morgan fingerprint density at radius 1 is 1.12 bits per heavy atom. The number of hydrogen-bond acceptors (Lipinski definition) is 4. The number of piperazine rings is 1. The van der Waals surface area contributed by atoms with Crippen LogP contribution >= 0.6 is 0 Å². The summed E-state index contributed by atoms with van der Waals surface area (Å²) in [6.07, 6.45) is -0.102. The summed E-state index contributed by atoms with van der Waals surface area (Å²) in [6.45, 7) is 3.03. The number of alkyl halides is 2. The van der Waals surface area contributed by atoms with E-state index in [-0.39, 0.29) is 41.6 Å². The van der Waals surface area contributed by atoms with Crippen molar-refractivity contribution >= 4 is 27.7 Å². The highest BCUT2D eigenvalue weighted by molar-refractivity contribution is 7.92. The molecule has 1 aliphatic carbocycles. The van der Waals surface area contributed by atoms with Gasteiger partial charge >= 0.3 is 6.16 Å². The lowest BCUT2D eigenvalue weighted by molar-refractivity contribution is 0.0174. The average Bonchev–Trinajstić information content (AvgIpc) is 3.51. The van der Waals surface area contributed by atoms with Crippen LogP contribution < -0.4 is 4.72 Å². The first-order chi connectivity index (χ1) is 15.8. The molecule has 1 aliphatic heterocycles. The molecule has 2 N–H and O–H groups in total. The Labute approximate surface area is 196 Å². The predicted octanol–water partition coefficient (Wildman–Crippen LogP) is 4.47. The van der Waals surface area contributed by atoms with Crippen molar-refractivity contribution in [2.75, 3.05) is 24.4 Å². The number of hydrogen-bond donors (Lipinski definition) is 2. The van der Waals surface area contributed by atoms with E-state index in [0.29, 0.717) is 24.0 Å². The first-order valence-electron chi connectivity index (χ1n) is 10.8. The van der Waals surface area contributed by atoms with Gasteiger partial charge < -0.3 is 9.80 Å². The number of nitrogens with one attached hydrogen (secondary N) is 2. The van der Waals surface area contributed by atoms with Crippen LogP contribution in [0, 0.1) is 12.3 Å². The molecule has 1 heterocycles. The molecular weight excluding hydrogens is 469 g/mol. The highest BCUT2D eigenvalue weighted by atomic mass is 32.2. The molecule has 1 saturated heterocycles. The van der Waals surface area contributed by atoms with E-state index in [9.17, 15) is 26.4 Å². The number of carbonyl (C=O) groups is 1. The summed E-state index contributed by atoms with van der Waals surface area (Å²) in [4.78, 5) is 14.0. The predicted molar refractivity (Wildman–Crippen MR) is 122 cm³/mol. The molecule has 1 saturated carbocycles. The zero-order valence-electron chi connectivity index (χ0n) is 18.7. The van der Waals surface area contributed by atoms with E-state index in [1.165, 1.54) is 6.07 Å². The lowest BCUT2D eigenvalue weighted by Gasteiger charge is -2.42. The second kappa shape index (κ2) is 8.30. The topological polar surface area (TPSA) is 93.6 Å². The maximum atomic E-state index is 13.5. The van der Waals surface area contributed by atoms with Crippen LogP contribution in [0.1, 0.15) is 36.5 Å². The first kappa shape index (κ1) is 24.1. The van der Waals surface area contributed by atoms with Crippen LogP contribution in [0.4, 0.5) is 23.7 Å². The van der Waals surface area contributed by atoms with E-state index >= 15 is 0 Å². The number of carbonyl (C=O) groups excluding carboxylic acids is 1. The summed E-state index contributed by atoms with van der Waals surface area (Å²) in [5.74, 6) is -3.01. The number of halogens is 3. The van der Waals surface area contributed by atoms with Crippen molar-refractivity contribution < 1.29 is 26.4 Å². The standard InChI is InChI=1S/C23H25F3N4O3S/c1-15-4-3-5-18(28-34(32,33)17-8-6-16(7-9-17)22(2,25)26)19(15)20(27)30-13-12-29(21(24)31)14-23(30)10-11-23/h3-9,27-28H,10-14H2,1-2H3. The largest absolute Gasteiger partial charge is 0.400 e. The fourth-order valence-corrected chi connectivity index (χ4v) is 5.45. The van der Waals surface area contributed by atoms with Gasteiger partial charge in [-0.1, -0.05) is 24.3 Å². The van der Waals surface area contributed by atoms with Crippen molar-refractivity contribution in [3.8, 4) is 0 Å². The van der Waals surface area contributed by atoms with E-state index in [1.807, 2.05) is 4.90 Å². The fraction of sp³-hybridized carbons (Fsp3) is 0.391. The van der Waals surface area contributed by atoms with E-state index in [1.54, 1.807) is 19.1 Å². The summed E-state index contributed by atoms with van der Waals surface area (Å²) in [6, 6.07) is 9.29. The van der Waals surface area contributed by atoms with Gasteiger partial charge in [-0.05, 0) is 43.5 Å². The molecule has 4 rings (SSSR count). The third kappa shape index (κ3) is 4.48. The Kier molecular flexibility index (Phi) is 5.87. The molecule has 11 heteroatoms. The highest BCUT2D eigenvalue weighted by Gasteiger charge is 2.53. The van der Waals surface area contributed by atoms with Crippen molar-refractivity contribution in [1.29, 1.82) is 5.41 Å². The van der Waals surface area contributed by atoms with Gasteiger partial charge in [0.15, 0.2) is 0 Å². The molecule has 0 bridgehead atoms. The maximum absolute atomic E-state index is 13.5. The summed E-state index contributed by atoms with van der Waals surface area (Å²) < 4.78 is 68.8. The van der Waals surface area contributed by atoms with E-state index in [0.717, 1.165) is 36.1 Å². The van der Waals surface area contributed by atoms with Crippen molar-refractivity contribution in [2.45, 2.75) is 43.0 Å². The zero-order valence-corrected chi connectivity index (χ0v) is 19.6. The van der Waals surface area contributed by atoms with Crippen LogP contribution in [-0.2, 0) is 15.9 Å². The molecule has 182 valence electrons. The molecule has 7 nitrogen and oxygen atoms in total. The smallest absolute Gasteiger partial charge is 0.347 e. The Balaban J connectivity index is 1.63. The minimum atomic E-state index is -4.12. The van der Waals surface area contributed by atoms with E-state index in [2.05, 4.69) is 4.72 Å². The SMILES string of the molecule is Cc1cccc(NS(=O)(=O)c2ccc(C(C)(F)F)cc2)c1C(=N)N1CCN(C(=O)F)CC12CC2. The summed E-state index contributed by atoms with van der Waals surface area (Å²) in [5, 5.41) is 8.89. The number of amidine groups is 1. The number of rotatable bonds is 5. The zero-order chi connectivity index (χ0) is 24.9. The van der Waals surface area contributed by atoms with Gasteiger partial charge in [0.1, 0.15) is 5.84 Å². The number of sulfonamides is 1. The Morgan fingerprint density at radius 3 is 2.32 bits per heavy atom. The third-order valence-corrected chi connectivity index (χ3v) is 7.80. The highest BCUT2D eigenvalue weighted by Crippen LogP contribution is 2.45. The quantitative estimate of drug-likeness (QED) is 0.278. The van der Waals surface area contributed by atoms with Gasteiger partial charge in [0, 0.05) is 37.7 Å². The molecule has 1 amide bonds. The molecule has 0 atom stereocenters. The van der Waals surface area contributed by atoms with Crippen molar-refractivity contribution in [3.05, 3.63) is 59.2 Å². The number of amides is 1. The number of anilines is 1. The average molecular weight is 495 g/mol. The van der Waals surface area contributed by atoms with Gasteiger partial charge in [-0.3, -0.25) is 10.1 Å². The first-order valence-corrected chi connectivity index (χ1v) is 12.2. The van der Waals surface area contributed by atoms with E-state index < -0.39 is 27.6 Å². The van der Waals surface area contributed by atoms with Crippen LogP contribution in [-0.4, -0.2) is 55.4 Å². The molecule has 2 aromatic carbocycles. The summed E-state index contributed by atoms with van der Waals surface area (Å²) >= 11 is 0. The minimum Gasteiger partial charge on any atom is -0.347 e. The van der Waals surface area contributed by atoms with Crippen molar-refractivity contribution in [1.82, 2.24) is 9.80 Å². The molecule has 2 aromatic rings.